The van der Waals surface area contributed by atoms with E-state index in [1.807, 2.05) is 59.5 Å². The molecule has 2 nitrogen and oxygen atoms in total. The van der Waals surface area contributed by atoms with Crippen molar-refractivity contribution in [2.24, 2.45) is 0 Å². The molecule has 5 aromatic rings. The monoisotopic (exact) mass is 521 g/mol. The van der Waals surface area contributed by atoms with Crippen LogP contribution in [0.4, 0.5) is 5.69 Å². The van der Waals surface area contributed by atoms with E-state index in [1.165, 1.54) is 11.1 Å². The number of thioether (sulfide) groups is 1. The predicted molar refractivity (Wildman–Crippen MR) is 162 cm³/mol. The van der Waals surface area contributed by atoms with Crippen LogP contribution in [0.5, 0.6) is 0 Å². The van der Waals surface area contributed by atoms with E-state index in [1.54, 1.807) is 11.8 Å². The van der Waals surface area contributed by atoms with E-state index in [4.69, 9.17) is 0 Å². The summed E-state index contributed by atoms with van der Waals surface area (Å²) in [5.41, 5.74) is 6.61. The van der Waals surface area contributed by atoms with Crippen LogP contribution in [-0.4, -0.2) is 10.7 Å². The lowest BCUT2D eigenvalue weighted by Crippen LogP contribution is -2.31. The Kier molecular flexibility index (Phi) is 5.94. The van der Waals surface area contributed by atoms with Crippen LogP contribution in [0.25, 0.3) is 5.57 Å². The summed E-state index contributed by atoms with van der Waals surface area (Å²) in [6, 6.07) is 52.2. The maximum Gasteiger partial charge on any atom is 0.249 e. The van der Waals surface area contributed by atoms with Gasteiger partial charge in [0, 0.05) is 23.1 Å². The molecule has 0 bridgehead atoms. The second-order valence-electron chi connectivity index (χ2n) is 10.1. The normalized spacial score (nSPS) is 21.8. The first-order chi connectivity index (χ1) is 19.3. The highest BCUT2D eigenvalue weighted by atomic mass is 32.2. The molecule has 3 heteroatoms. The van der Waals surface area contributed by atoms with Gasteiger partial charge >= 0.3 is 0 Å². The van der Waals surface area contributed by atoms with E-state index >= 15 is 0 Å². The van der Waals surface area contributed by atoms with E-state index in [9.17, 15) is 4.79 Å². The molecule has 0 aromatic heterocycles. The van der Waals surface area contributed by atoms with Gasteiger partial charge in [-0.05, 0) is 34.4 Å². The minimum Gasteiger partial charge on any atom is -0.273 e. The molecule has 0 unspecified atom stereocenters. The summed E-state index contributed by atoms with van der Waals surface area (Å²) in [6.45, 7) is 0. The Balaban J connectivity index is 1.49. The van der Waals surface area contributed by atoms with E-state index < -0.39 is 4.75 Å². The molecule has 188 valence electrons. The number of carbonyl (C=O) groups excluding carboxylic acids is 1. The molecule has 0 N–H and O–H groups in total. The molecule has 1 aliphatic carbocycles. The summed E-state index contributed by atoms with van der Waals surface area (Å²) < 4.78 is -0.622. The van der Waals surface area contributed by atoms with Gasteiger partial charge in [-0.15, -0.1) is 0 Å². The molecule has 2 aliphatic rings. The number of nitrogens with zero attached hydrogens (tertiary/aromatic N) is 1. The average molecular weight is 522 g/mol. The van der Waals surface area contributed by atoms with Gasteiger partial charge in [0.2, 0.25) is 5.91 Å². The number of hydrogen-bond acceptors (Lipinski definition) is 2. The lowest BCUT2D eigenvalue weighted by atomic mass is 9.98. The van der Waals surface area contributed by atoms with Gasteiger partial charge in [-0.2, -0.15) is 0 Å². The summed E-state index contributed by atoms with van der Waals surface area (Å²) in [5.74, 6) is 0.311. The molecule has 0 radical (unpaired) electrons. The summed E-state index contributed by atoms with van der Waals surface area (Å²) in [4.78, 5) is 16.9. The quantitative estimate of drug-likeness (QED) is 0.231. The number of hydrogen-bond donors (Lipinski definition) is 0. The second-order valence-corrected chi connectivity index (χ2v) is 11.3. The van der Waals surface area contributed by atoms with E-state index in [-0.39, 0.29) is 17.7 Å². The van der Waals surface area contributed by atoms with Crippen LogP contribution < -0.4 is 4.90 Å². The molecule has 2 fully saturated rings. The smallest absolute Gasteiger partial charge is 0.249 e. The molecule has 1 heterocycles. The Bertz CT molecular complexity index is 1550. The van der Waals surface area contributed by atoms with E-state index in [0.717, 1.165) is 27.4 Å². The summed E-state index contributed by atoms with van der Waals surface area (Å²) in [6.07, 6.45) is 0. The Morgan fingerprint density at radius 3 is 1.36 bits per heavy atom. The van der Waals surface area contributed by atoms with Crippen molar-refractivity contribution in [3.8, 4) is 0 Å². The van der Waals surface area contributed by atoms with Gasteiger partial charge in [0.25, 0.3) is 0 Å². The van der Waals surface area contributed by atoms with E-state index in [2.05, 4.69) is 97.1 Å². The maximum absolute atomic E-state index is 14.9. The third-order valence-corrected chi connectivity index (χ3v) is 9.43. The van der Waals surface area contributed by atoms with Gasteiger partial charge < -0.3 is 0 Å². The predicted octanol–water partition coefficient (Wildman–Crippen LogP) is 8.50. The van der Waals surface area contributed by atoms with Crippen molar-refractivity contribution in [2.75, 3.05) is 4.90 Å². The first kappa shape index (κ1) is 23.8. The van der Waals surface area contributed by atoms with Crippen molar-refractivity contribution in [3.63, 3.8) is 0 Å². The fourth-order valence-electron chi connectivity index (χ4n) is 6.07. The molecule has 1 amide bonds. The largest absolute Gasteiger partial charge is 0.273 e. The first-order valence-electron chi connectivity index (χ1n) is 13.3. The second kappa shape index (κ2) is 9.76. The van der Waals surface area contributed by atoms with Crippen molar-refractivity contribution < 1.29 is 4.79 Å². The van der Waals surface area contributed by atoms with Crippen LogP contribution in [0.15, 0.2) is 157 Å². The number of carbonyl (C=O) groups is 1. The fraction of sp³-hybridized carbons (Fsp3) is 0.0833. The highest BCUT2D eigenvalue weighted by Gasteiger charge is 2.75. The Morgan fingerprint density at radius 2 is 0.923 bits per heavy atom. The molecule has 2 atom stereocenters. The minimum absolute atomic E-state index is 0.0788. The molecule has 1 aliphatic heterocycles. The van der Waals surface area contributed by atoms with Gasteiger partial charge in [0.15, 0.2) is 0 Å². The van der Waals surface area contributed by atoms with Crippen LogP contribution in [0.1, 0.15) is 34.1 Å². The summed E-state index contributed by atoms with van der Waals surface area (Å²) in [7, 11) is 0. The molecule has 1 spiro atoms. The zero-order valence-corrected chi connectivity index (χ0v) is 22.2. The molecular formula is C36H27NOS. The molecule has 1 saturated carbocycles. The maximum atomic E-state index is 14.9. The van der Waals surface area contributed by atoms with Gasteiger partial charge in [-0.3, -0.25) is 9.69 Å². The number of benzene rings is 5. The van der Waals surface area contributed by atoms with Crippen molar-refractivity contribution in [3.05, 3.63) is 179 Å². The van der Waals surface area contributed by atoms with Gasteiger partial charge in [0.1, 0.15) is 4.75 Å². The molecule has 7 rings (SSSR count). The third kappa shape index (κ3) is 3.93. The van der Waals surface area contributed by atoms with E-state index in [0.29, 0.717) is 0 Å². The number of anilines is 1. The molecule has 1 saturated heterocycles. The first-order valence-corrected chi connectivity index (χ1v) is 14.1. The Hall–Kier alpha value is -4.34. The Morgan fingerprint density at radius 1 is 0.538 bits per heavy atom. The van der Waals surface area contributed by atoms with Crippen molar-refractivity contribution in [2.45, 2.75) is 16.6 Å². The van der Waals surface area contributed by atoms with Crippen molar-refractivity contribution in [1.82, 2.24) is 0 Å². The molecule has 39 heavy (non-hydrogen) atoms. The van der Waals surface area contributed by atoms with Crippen LogP contribution in [-0.2, 0) is 4.79 Å². The fourth-order valence-corrected chi connectivity index (χ4v) is 7.92. The SMILES string of the molecule is O=C1N(c2ccccc2)C(=C(c2ccccc2)c2ccccc2)SC12[C@@H](c1ccccc1)[C@@H]2c1ccccc1. The highest BCUT2D eigenvalue weighted by Crippen LogP contribution is 2.76. The van der Waals surface area contributed by atoms with Gasteiger partial charge in [-0.25, -0.2) is 0 Å². The van der Waals surface area contributed by atoms with Crippen LogP contribution >= 0.6 is 11.8 Å². The molecular weight excluding hydrogens is 494 g/mol. The molecule has 5 aromatic carbocycles. The zero-order valence-electron chi connectivity index (χ0n) is 21.4. The topological polar surface area (TPSA) is 20.3 Å². The highest BCUT2D eigenvalue weighted by molar-refractivity contribution is 8.06. The van der Waals surface area contributed by atoms with Crippen LogP contribution in [0.3, 0.4) is 0 Å². The average Bonchev–Trinajstić information content (AvgIpc) is 3.60. The summed E-state index contributed by atoms with van der Waals surface area (Å²) in [5, 5.41) is 0.989. The number of amides is 1. The summed E-state index contributed by atoms with van der Waals surface area (Å²) >= 11 is 1.75. The van der Waals surface area contributed by atoms with Gasteiger partial charge in [-0.1, -0.05) is 151 Å². The third-order valence-electron chi connectivity index (χ3n) is 7.82. The van der Waals surface area contributed by atoms with Crippen LogP contribution in [0.2, 0.25) is 0 Å². The zero-order chi connectivity index (χ0) is 26.2. The lowest BCUT2D eigenvalue weighted by Gasteiger charge is -2.21. The van der Waals surface area contributed by atoms with Crippen molar-refractivity contribution >= 4 is 28.9 Å². The van der Waals surface area contributed by atoms with Crippen LogP contribution in [0, 0.1) is 0 Å². The Labute approximate surface area is 233 Å². The lowest BCUT2D eigenvalue weighted by molar-refractivity contribution is -0.118. The number of rotatable bonds is 5. The van der Waals surface area contributed by atoms with Gasteiger partial charge in [0.05, 0.1) is 5.03 Å². The van der Waals surface area contributed by atoms with Crippen molar-refractivity contribution in [1.29, 1.82) is 0 Å². The minimum atomic E-state index is -0.622. The number of para-hydroxylation sites is 1. The standard InChI is InChI=1S/C36H27NOS/c38-35-36(32(28-20-10-3-11-21-28)33(36)29-22-12-4-13-23-29)39-34(37(35)30-24-14-5-15-25-30)31(26-16-6-1-7-17-26)27-18-8-2-9-19-27/h1-25,32-33H/t32-,33-/m0/s1.